The minimum absolute atomic E-state index is 0.0571. The number of ether oxygens (including phenoxy) is 1. The van der Waals surface area contributed by atoms with Gasteiger partial charge < -0.3 is 10.1 Å². The van der Waals surface area contributed by atoms with Crippen LogP contribution in [0.4, 0.5) is 0 Å². The van der Waals surface area contributed by atoms with Gasteiger partial charge in [0.15, 0.2) is 0 Å². The summed E-state index contributed by atoms with van der Waals surface area (Å²) in [5.41, 5.74) is 3.78. The molecule has 0 amide bonds. The van der Waals surface area contributed by atoms with Crippen LogP contribution >= 0.6 is 0 Å². The lowest BCUT2D eigenvalue weighted by molar-refractivity contribution is 0.0822. The highest BCUT2D eigenvalue weighted by molar-refractivity contribution is 5.65. The highest BCUT2D eigenvalue weighted by atomic mass is 16.5. The maximum absolute atomic E-state index is 6.30. The van der Waals surface area contributed by atoms with Crippen molar-refractivity contribution in [3.8, 4) is 5.75 Å². The first-order valence-electron chi connectivity index (χ1n) is 6.39. The fraction of sp³-hybridized carbons (Fsp3) is 0.467. The Kier molecular flexibility index (Phi) is 2.48. The van der Waals surface area contributed by atoms with Crippen molar-refractivity contribution in [1.82, 2.24) is 5.32 Å². The molecular weight excluding hydrogens is 210 g/mol. The zero-order valence-electron chi connectivity index (χ0n) is 10.5. The second-order valence-electron chi connectivity index (χ2n) is 5.24. The van der Waals surface area contributed by atoms with Crippen molar-refractivity contribution >= 4 is 6.08 Å². The maximum Gasteiger partial charge on any atom is 0.130 e. The van der Waals surface area contributed by atoms with E-state index in [1.54, 1.807) is 0 Å². The van der Waals surface area contributed by atoms with Crippen molar-refractivity contribution in [3.05, 3.63) is 34.9 Å². The number of piperidine rings is 1. The van der Waals surface area contributed by atoms with E-state index in [-0.39, 0.29) is 5.60 Å². The second-order valence-corrected chi connectivity index (χ2v) is 5.24. The van der Waals surface area contributed by atoms with E-state index in [2.05, 4.69) is 43.4 Å². The lowest BCUT2D eigenvalue weighted by Crippen LogP contribution is -2.45. The van der Waals surface area contributed by atoms with Crippen molar-refractivity contribution in [1.29, 1.82) is 0 Å². The van der Waals surface area contributed by atoms with Crippen LogP contribution in [0, 0.1) is 13.8 Å². The molecule has 2 aliphatic rings. The molecule has 17 heavy (non-hydrogen) atoms. The summed E-state index contributed by atoms with van der Waals surface area (Å²) in [6.45, 7) is 6.37. The van der Waals surface area contributed by atoms with Gasteiger partial charge in [-0.3, -0.25) is 0 Å². The fourth-order valence-electron chi connectivity index (χ4n) is 2.84. The summed E-state index contributed by atoms with van der Waals surface area (Å²) < 4.78 is 6.30. The Labute approximate surface area is 103 Å². The van der Waals surface area contributed by atoms with Gasteiger partial charge in [0.05, 0.1) is 0 Å². The molecule has 1 aromatic carbocycles. The van der Waals surface area contributed by atoms with Crippen LogP contribution in [-0.4, -0.2) is 18.7 Å². The lowest BCUT2D eigenvalue weighted by atomic mass is 9.88. The molecule has 0 aromatic heterocycles. The van der Waals surface area contributed by atoms with Crippen molar-refractivity contribution in [2.45, 2.75) is 32.3 Å². The summed E-state index contributed by atoms with van der Waals surface area (Å²) in [5, 5.41) is 3.39. The second kappa shape index (κ2) is 3.88. The Morgan fingerprint density at radius 3 is 2.71 bits per heavy atom. The number of hydrogen-bond acceptors (Lipinski definition) is 2. The molecule has 0 radical (unpaired) electrons. The van der Waals surface area contributed by atoms with Crippen molar-refractivity contribution < 1.29 is 4.74 Å². The minimum Gasteiger partial charge on any atom is -0.482 e. The highest BCUT2D eigenvalue weighted by Gasteiger charge is 2.34. The van der Waals surface area contributed by atoms with E-state index in [0.717, 1.165) is 31.7 Å². The van der Waals surface area contributed by atoms with Gasteiger partial charge in [-0.15, -0.1) is 0 Å². The number of benzene rings is 1. The monoisotopic (exact) mass is 229 g/mol. The molecule has 0 aliphatic carbocycles. The van der Waals surface area contributed by atoms with Gasteiger partial charge in [0.25, 0.3) is 0 Å². The average molecular weight is 229 g/mol. The molecule has 0 unspecified atom stereocenters. The Balaban J connectivity index is 2.00. The van der Waals surface area contributed by atoms with Crippen LogP contribution in [-0.2, 0) is 0 Å². The third kappa shape index (κ3) is 1.87. The summed E-state index contributed by atoms with van der Waals surface area (Å²) in [5.74, 6) is 1.06. The van der Waals surface area contributed by atoms with Crippen LogP contribution in [0.15, 0.2) is 18.2 Å². The topological polar surface area (TPSA) is 21.3 Å². The Hall–Kier alpha value is -1.28. The first-order valence-corrected chi connectivity index (χ1v) is 6.39. The third-order valence-electron chi connectivity index (χ3n) is 3.81. The van der Waals surface area contributed by atoms with Crippen molar-refractivity contribution in [2.24, 2.45) is 0 Å². The van der Waals surface area contributed by atoms with Gasteiger partial charge >= 0.3 is 0 Å². The predicted molar refractivity (Wildman–Crippen MR) is 70.4 cm³/mol. The van der Waals surface area contributed by atoms with Crippen molar-refractivity contribution in [3.63, 3.8) is 0 Å². The van der Waals surface area contributed by atoms with Gasteiger partial charge in [0.2, 0.25) is 0 Å². The quantitative estimate of drug-likeness (QED) is 0.738. The molecule has 1 aromatic rings. The van der Waals surface area contributed by atoms with E-state index in [4.69, 9.17) is 4.74 Å². The van der Waals surface area contributed by atoms with Gasteiger partial charge in [-0.2, -0.15) is 0 Å². The first-order chi connectivity index (χ1) is 8.19. The fourth-order valence-corrected chi connectivity index (χ4v) is 2.84. The Bertz CT molecular complexity index is 470. The number of rotatable bonds is 0. The molecule has 0 saturated carbocycles. The molecule has 0 bridgehead atoms. The third-order valence-corrected chi connectivity index (χ3v) is 3.81. The number of aryl methyl sites for hydroxylation is 2. The molecule has 90 valence electrons. The number of hydrogen-bond donors (Lipinski definition) is 1. The predicted octanol–water partition coefficient (Wildman–Crippen LogP) is 2.83. The summed E-state index contributed by atoms with van der Waals surface area (Å²) >= 11 is 0. The zero-order chi connectivity index (χ0) is 11.9. The van der Waals surface area contributed by atoms with Crippen LogP contribution in [0.25, 0.3) is 6.08 Å². The Morgan fingerprint density at radius 2 is 1.94 bits per heavy atom. The van der Waals surface area contributed by atoms with E-state index in [1.807, 2.05) is 0 Å². The lowest BCUT2D eigenvalue weighted by Gasteiger charge is -2.38. The molecule has 3 rings (SSSR count). The zero-order valence-corrected chi connectivity index (χ0v) is 10.5. The van der Waals surface area contributed by atoms with E-state index in [0.29, 0.717) is 0 Å². The van der Waals surface area contributed by atoms with Gasteiger partial charge in [-0.25, -0.2) is 0 Å². The Morgan fingerprint density at radius 1 is 1.18 bits per heavy atom. The van der Waals surface area contributed by atoms with Crippen molar-refractivity contribution in [2.75, 3.05) is 13.1 Å². The average Bonchev–Trinajstić information content (AvgIpc) is 2.29. The molecule has 2 nitrogen and oxygen atoms in total. The van der Waals surface area contributed by atoms with Crippen LogP contribution in [0.2, 0.25) is 0 Å². The smallest absolute Gasteiger partial charge is 0.130 e. The molecule has 2 aliphatic heterocycles. The molecule has 2 heterocycles. The standard InChI is InChI=1S/C15H19NO/c1-11-9-12(2)13-3-4-15(17-14(13)10-11)5-7-16-8-6-15/h3-4,9-10,16H,5-8H2,1-2H3. The molecule has 2 heteroatoms. The summed E-state index contributed by atoms with van der Waals surface area (Å²) in [6, 6.07) is 4.38. The molecule has 1 saturated heterocycles. The highest BCUT2D eigenvalue weighted by Crippen LogP contribution is 2.37. The molecule has 1 N–H and O–H groups in total. The molecular formula is C15H19NO. The van der Waals surface area contributed by atoms with E-state index < -0.39 is 0 Å². The van der Waals surface area contributed by atoms with Crippen LogP contribution in [0.5, 0.6) is 5.75 Å². The normalized spacial score (nSPS) is 21.1. The number of nitrogens with one attached hydrogen (secondary N) is 1. The van der Waals surface area contributed by atoms with E-state index in [9.17, 15) is 0 Å². The SMILES string of the molecule is Cc1cc(C)c2c(c1)OC1(C=C2)CCNCC1. The summed E-state index contributed by atoms with van der Waals surface area (Å²) in [6.07, 6.45) is 6.64. The maximum atomic E-state index is 6.30. The van der Waals surface area contributed by atoms with Crippen LogP contribution < -0.4 is 10.1 Å². The van der Waals surface area contributed by atoms with E-state index in [1.165, 1.54) is 16.7 Å². The molecule has 1 spiro atoms. The summed E-state index contributed by atoms with van der Waals surface area (Å²) in [7, 11) is 0. The molecule has 0 atom stereocenters. The van der Waals surface area contributed by atoms with Gasteiger partial charge in [-0.1, -0.05) is 12.1 Å². The van der Waals surface area contributed by atoms with Crippen LogP contribution in [0.1, 0.15) is 29.5 Å². The van der Waals surface area contributed by atoms with Gasteiger partial charge in [-0.05, 0) is 50.2 Å². The van der Waals surface area contributed by atoms with Gasteiger partial charge in [0, 0.05) is 18.4 Å². The van der Waals surface area contributed by atoms with Crippen LogP contribution in [0.3, 0.4) is 0 Å². The molecule has 1 fully saturated rings. The summed E-state index contributed by atoms with van der Waals surface area (Å²) in [4.78, 5) is 0. The first kappa shape index (κ1) is 10.8. The van der Waals surface area contributed by atoms with Gasteiger partial charge in [0.1, 0.15) is 11.4 Å². The minimum atomic E-state index is -0.0571. The largest absolute Gasteiger partial charge is 0.482 e. The number of fused-ring (bicyclic) bond motifs is 1. The van der Waals surface area contributed by atoms with E-state index >= 15 is 0 Å².